The molecule has 0 aliphatic carbocycles. The lowest BCUT2D eigenvalue weighted by molar-refractivity contribution is 0.360. The van der Waals surface area contributed by atoms with Gasteiger partial charge in [0.25, 0.3) is 0 Å². The lowest BCUT2D eigenvalue weighted by Gasteiger charge is -2.22. The zero-order chi connectivity index (χ0) is 13.0. The highest BCUT2D eigenvalue weighted by Gasteiger charge is 2.16. The van der Waals surface area contributed by atoms with Gasteiger partial charge < -0.3 is 15.1 Å². The van der Waals surface area contributed by atoms with Crippen molar-refractivity contribution in [2.24, 2.45) is 0 Å². The molecule has 0 amide bonds. The summed E-state index contributed by atoms with van der Waals surface area (Å²) >= 11 is 6.34. The highest BCUT2D eigenvalue weighted by atomic mass is 35.5. The minimum Gasteiger partial charge on any atom is -0.354 e. The summed E-state index contributed by atoms with van der Waals surface area (Å²) in [4.78, 5) is 9.16. The van der Waals surface area contributed by atoms with E-state index >= 15 is 0 Å². The van der Waals surface area contributed by atoms with Crippen molar-refractivity contribution < 1.29 is 0 Å². The van der Waals surface area contributed by atoms with Crippen molar-refractivity contribution in [3.05, 3.63) is 22.8 Å². The van der Waals surface area contributed by atoms with Gasteiger partial charge in [0.05, 0.1) is 5.02 Å². The minimum absolute atomic E-state index is 0.757. The van der Waals surface area contributed by atoms with Crippen LogP contribution in [-0.4, -0.2) is 50.2 Å². The zero-order valence-electron chi connectivity index (χ0n) is 11.1. The molecule has 0 aromatic carbocycles. The summed E-state index contributed by atoms with van der Waals surface area (Å²) in [6.07, 6.45) is 3.07. The fourth-order valence-corrected chi connectivity index (χ4v) is 2.57. The molecule has 0 atom stereocenters. The lowest BCUT2D eigenvalue weighted by Crippen LogP contribution is -2.29. The molecule has 0 bridgehead atoms. The number of aromatic nitrogens is 1. The molecule has 1 N–H and O–H groups in total. The maximum absolute atomic E-state index is 6.34. The maximum atomic E-state index is 6.34. The topological polar surface area (TPSA) is 31.4 Å². The Balaban J connectivity index is 2.12. The number of pyridine rings is 1. The lowest BCUT2D eigenvalue weighted by atomic mass is 10.2. The molecule has 100 valence electrons. The molecule has 5 heteroatoms. The van der Waals surface area contributed by atoms with E-state index in [0.717, 1.165) is 55.5 Å². The Morgan fingerprint density at radius 2 is 2.17 bits per heavy atom. The SMILES string of the molecule is CNCc1cnc(N2CCCN(C)CC2)c(Cl)c1. The first-order valence-corrected chi connectivity index (χ1v) is 6.81. The van der Waals surface area contributed by atoms with Gasteiger partial charge in [0.15, 0.2) is 0 Å². The Hall–Kier alpha value is -0.840. The van der Waals surface area contributed by atoms with Crippen LogP contribution in [0.15, 0.2) is 12.3 Å². The second kappa shape index (κ2) is 6.36. The summed E-state index contributed by atoms with van der Waals surface area (Å²) in [6.45, 7) is 5.04. The summed E-state index contributed by atoms with van der Waals surface area (Å²) in [6, 6.07) is 2.01. The van der Waals surface area contributed by atoms with Crippen molar-refractivity contribution in [2.45, 2.75) is 13.0 Å². The van der Waals surface area contributed by atoms with Crippen LogP contribution in [0.25, 0.3) is 0 Å². The van der Waals surface area contributed by atoms with Crippen molar-refractivity contribution in [3.63, 3.8) is 0 Å². The standard InChI is InChI=1S/C13H21ClN4/c1-15-9-11-8-12(14)13(16-10-11)18-5-3-4-17(2)6-7-18/h8,10,15H,3-7,9H2,1-2H3. The highest BCUT2D eigenvalue weighted by molar-refractivity contribution is 6.33. The van der Waals surface area contributed by atoms with E-state index in [2.05, 4.69) is 27.1 Å². The first-order chi connectivity index (χ1) is 8.70. The summed E-state index contributed by atoms with van der Waals surface area (Å²) in [5.74, 6) is 0.923. The summed E-state index contributed by atoms with van der Waals surface area (Å²) in [5, 5.41) is 3.86. The van der Waals surface area contributed by atoms with Crippen LogP contribution in [0.2, 0.25) is 5.02 Å². The molecule has 1 aromatic rings. The molecule has 4 nitrogen and oxygen atoms in total. The molecule has 18 heavy (non-hydrogen) atoms. The predicted octanol–water partition coefficient (Wildman–Crippen LogP) is 1.60. The quantitative estimate of drug-likeness (QED) is 0.902. The third-order valence-corrected chi connectivity index (χ3v) is 3.56. The number of hydrogen-bond donors (Lipinski definition) is 1. The maximum Gasteiger partial charge on any atom is 0.147 e. The molecule has 1 aromatic heterocycles. The van der Waals surface area contributed by atoms with E-state index in [9.17, 15) is 0 Å². The first-order valence-electron chi connectivity index (χ1n) is 6.43. The van der Waals surface area contributed by atoms with Gasteiger partial charge >= 0.3 is 0 Å². The molecule has 0 saturated carbocycles. The van der Waals surface area contributed by atoms with E-state index in [-0.39, 0.29) is 0 Å². The van der Waals surface area contributed by atoms with Crippen LogP contribution in [-0.2, 0) is 6.54 Å². The number of hydrogen-bond acceptors (Lipinski definition) is 4. The normalized spacial score (nSPS) is 17.8. The predicted molar refractivity (Wildman–Crippen MR) is 76.3 cm³/mol. The molecular formula is C13H21ClN4. The molecule has 1 saturated heterocycles. The van der Waals surface area contributed by atoms with Gasteiger partial charge in [-0.25, -0.2) is 4.98 Å². The van der Waals surface area contributed by atoms with Gasteiger partial charge in [-0.05, 0) is 38.7 Å². The molecule has 1 aliphatic rings. The molecule has 1 fully saturated rings. The minimum atomic E-state index is 0.757. The molecular weight excluding hydrogens is 248 g/mol. The summed E-state index contributed by atoms with van der Waals surface area (Å²) < 4.78 is 0. The summed E-state index contributed by atoms with van der Waals surface area (Å²) in [5.41, 5.74) is 1.12. The Labute approximate surface area is 114 Å². The van der Waals surface area contributed by atoms with Crippen molar-refractivity contribution in [1.82, 2.24) is 15.2 Å². The highest BCUT2D eigenvalue weighted by Crippen LogP contribution is 2.24. The van der Waals surface area contributed by atoms with Gasteiger partial charge in [0, 0.05) is 32.4 Å². The van der Waals surface area contributed by atoms with Crippen LogP contribution in [0.1, 0.15) is 12.0 Å². The molecule has 0 unspecified atom stereocenters. The average molecular weight is 269 g/mol. The second-order valence-corrected chi connectivity index (χ2v) is 5.23. The van der Waals surface area contributed by atoms with Crippen molar-refractivity contribution in [2.75, 3.05) is 45.2 Å². The van der Waals surface area contributed by atoms with E-state index < -0.39 is 0 Å². The number of likely N-dealkylation sites (N-methyl/N-ethyl adjacent to an activating group) is 1. The summed E-state index contributed by atoms with van der Waals surface area (Å²) in [7, 11) is 4.08. The van der Waals surface area contributed by atoms with Gasteiger partial charge in [-0.15, -0.1) is 0 Å². The van der Waals surface area contributed by atoms with Crippen LogP contribution in [0.4, 0.5) is 5.82 Å². The average Bonchev–Trinajstić information content (AvgIpc) is 2.55. The van der Waals surface area contributed by atoms with Gasteiger partial charge in [0.1, 0.15) is 5.82 Å². The Morgan fingerprint density at radius 3 is 2.89 bits per heavy atom. The van der Waals surface area contributed by atoms with Crippen LogP contribution >= 0.6 is 11.6 Å². The fourth-order valence-electron chi connectivity index (χ4n) is 2.26. The smallest absolute Gasteiger partial charge is 0.147 e. The Bertz CT molecular complexity index is 397. The number of halogens is 1. The third-order valence-electron chi connectivity index (χ3n) is 3.28. The molecule has 0 spiro atoms. The van der Waals surface area contributed by atoms with Crippen LogP contribution in [0.3, 0.4) is 0 Å². The number of nitrogens with zero attached hydrogens (tertiary/aromatic N) is 3. The molecule has 2 rings (SSSR count). The second-order valence-electron chi connectivity index (χ2n) is 4.82. The van der Waals surface area contributed by atoms with E-state index in [1.165, 1.54) is 0 Å². The fraction of sp³-hybridized carbons (Fsp3) is 0.615. The van der Waals surface area contributed by atoms with Gasteiger partial charge in [-0.1, -0.05) is 11.6 Å². The van der Waals surface area contributed by atoms with Gasteiger partial charge in [-0.2, -0.15) is 0 Å². The van der Waals surface area contributed by atoms with Crippen LogP contribution < -0.4 is 10.2 Å². The number of rotatable bonds is 3. The van der Waals surface area contributed by atoms with Gasteiger partial charge in [-0.3, -0.25) is 0 Å². The largest absolute Gasteiger partial charge is 0.354 e. The Kier molecular flexibility index (Phi) is 4.80. The third kappa shape index (κ3) is 3.34. The monoisotopic (exact) mass is 268 g/mol. The van der Waals surface area contributed by atoms with Crippen molar-refractivity contribution >= 4 is 17.4 Å². The van der Waals surface area contributed by atoms with E-state index in [1.54, 1.807) is 0 Å². The van der Waals surface area contributed by atoms with E-state index in [1.807, 2.05) is 19.3 Å². The van der Waals surface area contributed by atoms with Crippen molar-refractivity contribution in [1.29, 1.82) is 0 Å². The van der Waals surface area contributed by atoms with Crippen molar-refractivity contribution in [3.8, 4) is 0 Å². The molecule has 0 radical (unpaired) electrons. The Morgan fingerprint density at radius 1 is 1.33 bits per heavy atom. The first kappa shape index (κ1) is 13.6. The van der Waals surface area contributed by atoms with E-state index in [0.29, 0.717) is 0 Å². The number of anilines is 1. The van der Waals surface area contributed by atoms with Crippen LogP contribution in [0, 0.1) is 0 Å². The van der Waals surface area contributed by atoms with Crippen LogP contribution in [0.5, 0.6) is 0 Å². The van der Waals surface area contributed by atoms with E-state index in [4.69, 9.17) is 11.6 Å². The van der Waals surface area contributed by atoms with Gasteiger partial charge in [0.2, 0.25) is 0 Å². The number of nitrogens with one attached hydrogen (secondary N) is 1. The molecule has 2 heterocycles. The zero-order valence-corrected chi connectivity index (χ0v) is 11.9. The molecule has 1 aliphatic heterocycles.